The first-order valence-electron chi connectivity index (χ1n) is 4.57. The molecule has 1 heterocycles. The third-order valence-electron chi connectivity index (χ3n) is 1.89. The molecule has 0 aliphatic heterocycles. The number of thiophene rings is 1. The Hall–Kier alpha value is -0.980. The van der Waals surface area contributed by atoms with Gasteiger partial charge in [0.2, 0.25) is 0 Å². The van der Waals surface area contributed by atoms with E-state index in [1.165, 1.54) is 0 Å². The maximum atomic E-state index is 10.4. The zero-order valence-corrected chi connectivity index (χ0v) is 9.54. The predicted molar refractivity (Wildman–Crippen MR) is 59.2 cm³/mol. The number of nitrogens with one attached hydrogen (secondary N) is 1. The van der Waals surface area contributed by atoms with Gasteiger partial charge in [-0.1, -0.05) is 11.3 Å². The monoisotopic (exact) mass is 230 g/mol. The second kappa shape index (κ2) is 5.79. The van der Waals surface area contributed by atoms with Crippen LogP contribution in [0.25, 0.3) is 0 Å². The molecule has 1 unspecified atom stereocenters. The second-order valence-electron chi connectivity index (χ2n) is 3.29. The summed E-state index contributed by atoms with van der Waals surface area (Å²) in [4.78, 5) is 10.1. The average Bonchev–Trinajstić information content (AvgIpc) is 2.63. The first-order chi connectivity index (χ1) is 7.13. The lowest BCUT2D eigenvalue weighted by Gasteiger charge is -2.11. The molecule has 84 valence electrons. The molecule has 1 aromatic heterocycles. The summed E-state index contributed by atoms with van der Waals surface area (Å²) < 4.78 is 4.97. The summed E-state index contributed by atoms with van der Waals surface area (Å²) in [5, 5.41) is 15.6. The smallest absolute Gasteiger partial charge is 0.324 e. The van der Waals surface area contributed by atoms with E-state index in [9.17, 15) is 10.1 Å². The Morgan fingerprint density at radius 2 is 2.47 bits per heavy atom. The van der Waals surface area contributed by atoms with Crippen LogP contribution in [-0.4, -0.2) is 24.7 Å². The van der Waals surface area contributed by atoms with E-state index in [1.807, 2.05) is 6.92 Å². The van der Waals surface area contributed by atoms with Gasteiger partial charge in [0.05, 0.1) is 11.5 Å². The van der Waals surface area contributed by atoms with E-state index >= 15 is 0 Å². The van der Waals surface area contributed by atoms with Crippen LogP contribution in [0.1, 0.15) is 12.5 Å². The summed E-state index contributed by atoms with van der Waals surface area (Å²) in [6, 6.07) is 1.84. The van der Waals surface area contributed by atoms with Crippen LogP contribution in [0.2, 0.25) is 0 Å². The lowest BCUT2D eigenvalue weighted by atomic mass is 10.3. The number of methoxy groups -OCH3 is 1. The van der Waals surface area contributed by atoms with E-state index in [1.54, 1.807) is 18.6 Å². The van der Waals surface area contributed by atoms with Crippen molar-refractivity contribution < 1.29 is 9.66 Å². The summed E-state index contributed by atoms with van der Waals surface area (Å²) in [7, 11) is 1.65. The van der Waals surface area contributed by atoms with Crippen molar-refractivity contribution in [3.63, 3.8) is 0 Å². The third-order valence-corrected chi connectivity index (χ3v) is 2.82. The van der Waals surface area contributed by atoms with Crippen molar-refractivity contribution in [3.8, 4) is 0 Å². The third kappa shape index (κ3) is 3.94. The molecule has 1 N–H and O–H groups in total. The summed E-state index contributed by atoms with van der Waals surface area (Å²) in [5.41, 5.74) is 0.939. The van der Waals surface area contributed by atoms with Gasteiger partial charge in [-0.25, -0.2) is 0 Å². The highest BCUT2D eigenvalue weighted by Gasteiger charge is 2.09. The highest BCUT2D eigenvalue weighted by atomic mass is 32.1. The molecular formula is C9H14N2O3S. The molecule has 0 spiro atoms. The Morgan fingerprint density at radius 1 is 1.73 bits per heavy atom. The minimum absolute atomic E-state index is 0.186. The number of nitrogens with zero attached hydrogens (tertiary/aromatic N) is 1. The van der Waals surface area contributed by atoms with Crippen LogP contribution in [0.15, 0.2) is 11.4 Å². The van der Waals surface area contributed by atoms with Crippen molar-refractivity contribution in [2.45, 2.75) is 19.5 Å². The van der Waals surface area contributed by atoms with Crippen LogP contribution in [0.4, 0.5) is 5.00 Å². The van der Waals surface area contributed by atoms with E-state index in [2.05, 4.69) is 5.32 Å². The molecule has 0 fully saturated rings. The van der Waals surface area contributed by atoms with Gasteiger partial charge in [0.25, 0.3) is 0 Å². The maximum absolute atomic E-state index is 10.4. The van der Waals surface area contributed by atoms with E-state index in [0.717, 1.165) is 16.9 Å². The number of hydrogen-bond acceptors (Lipinski definition) is 5. The lowest BCUT2D eigenvalue weighted by molar-refractivity contribution is -0.380. The minimum Gasteiger partial charge on any atom is -0.383 e. The highest BCUT2D eigenvalue weighted by Crippen LogP contribution is 2.22. The zero-order chi connectivity index (χ0) is 11.3. The summed E-state index contributed by atoms with van der Waals surface area (Å²) >= 11 is 1.15. The molecule has 5 nitrogen and oxygen atoms in total. The van der Waals surface area contributed by atoms with Crippen molar-refractivity contribution in [2.75, 3.05) is 13.7 Å². The molecule has 0 saturated carbocycles. The van der Waals surface area contributed by atoms with Gasteiger partial charge in [0.15, 0.2) is 0 Å². The summed E-state index contributed by atoms with van der Waals surface area (Å²) in [6.07, 6.45) is 0. The molecule has 6 heteroatoms. The van der Waals surface area contributed by atoms with Gasteiger partial charge in [0.1, 0.15) is 0 Å². The number of hydrogen-bond donors (Lipinski definition) is 1. The van der Waals surface area contributed by atoms with Crippen LogP contribution in [0.3, 0.4) is 0 Å². The Bertz CT molecular complexity index is 327. The molecule has 0 aliphatic carbocycles. The molecule has 0 aromatic carbocycles. The number of rotatable bonds is 6. The molecule has 1 aromatic rings. The van der Waals surface area contributed by atoms with Gasteiger partial charge in [-0.3, -0.25) is 10.1 Å². The van der Waals surface area contributed by atoms with E-state index in [4.69, 9.17) is 4.74 Å². The number of nitro groups is 1. The fourth-order valence-electron chi connectivity index (χ4n) is 1.15. The molecule has 0 bridgehead atoms. The molecule has 1 rings (SSSR count). The van der Waals surface area contributed by atoms with E-state index in [0.29, 0.717) is 13.2 Å². The normalized spacial score (nSPS) is 12.7. The van der Waals surface area contributed by atoms with Crippen LogP contribution in [0.5, 0.6) is 0 Å². The van der Waals surface area contributed by atoms with Crippen LogP contribution < -0.4 is 5.32 Å². The average molecular weight is 230 g/mol. The Balaban J connectivity index is 2.40. The molecule has 0 radical (unpaired) electrons. The topological polar surface area (TPSA) is 64.4 Å². The van der Waals surface area contributed by atoms with Crippen molar-refractivity contribution in [1.82, 2.24) is 5.32 Å². The number of ether oxygens (including phenoxy) is 1. The SMILES string of the molecule is COCC(C)NCc1csc([N+](=O)[O-])c1. The Morgan fingerprint density at radius 3 is 3.00 bits per heavy atom. The Kier molecular flexibility index (Phi) is 4.67. The van der Waals surface area contributed by atoms with Crippen LogP contribution >= 0.6 is 11.3 Å². The second-order valence-corrected chi connectivity index (χ2v) is 4.18. The minimum atomic E-state index is -0.368. The molecule has 1 atom stereocenters. The van der Waals surface area contributed by atoms with Gasteiger partial charge >= 0.3 is 5.00 Å². The van der Waals surface area contributed by atoms with E-state index in [-0.39, 0.29) is 16.0 Å². The quantitative estimate of drug-likeness (QED) is 0.597. The Labute approximate surface area is 92.2 Å². The summed E-state index contributed by atoms with van der Waals surface area (Å²) in [6.45, 7) is 3.27. The zero-order valence-electron chi connectivity index (χ0n) is 8.73. The van der Waals surface area contributed by atoms with Gasteiger partial charge in [-0.15, -0.1) is 0 Å². The molecule has 15 heavy (non-hydrogen) atoms. The van der Waals surface area contributed by atoms with Gasteiger partial charge in [-0.2, -0.15) is 0 Å². The van der Waals surface area contributed by atoms with Crippen molar-refractivity contribution in [1.29, 1.82) is 0 Å². The molecular weight excluding hydrogens is 216 g/mol. The fraction of sp³-hybridized carbons (Fsp3) is 0.556. The largest absolute Gasteiger partial charge is 0.383 e. The predicted octanol–water partition coefficient (Wildman–Crippen LogP) is 1.78. The molecule has 0 aliphatic rings. The molecule has 0 saturated heterocycles. The fourth-order valence-corrected chi connectivity index (χ4v) is 1.88. The van der Waals surface area contributed by atoms with Crippen molar-refractivity contribution in [2.24, 2.45) is 0 Å². The maximum Gasteiger partial charge on any atom is 0.324 e. The summed E-state index contributed by atoms with van der Waals surface area (Å²) in [5.74, 6) is 0. The first kappa shape index (κ1) is 12.1. The highest BCUT2D eigenvalue weighted by molar-refractivity contribution is 7.13. The standard InChI is InChI=1S/C9H14N2O3S/c1-7(5-14-2)10-4-8-3-9(11(12)13)15-6-8/h3,6-7,10H,4-5H2,1-2H3. The van der Waals surface area contributed by atoms with E-state index < -0.39 is 0 Å². The van der Waals surface area contributed by atoms with Crippen molar-refractivity contribution >= 4 is 16.3 Å². The lowest BCUT2D eigenvalue weighted by Crippen LogP contribution is -2.29. The first-order valence-corrected chi connectivity index (χ1v) is 5.45. The van der Waals surface area contributed by atoms with Crippen molar-refractivity contribution in [3.05, 3.63) is 27.1 Å². The van der Waals surface area contributed by atoms with Crippen LogP contribution in [-0.2, 0) is 11.3 Å². The molecule has 0 amide bonds. The van der Waals surface area contributed by atoms with Gasteiger partial charge in [-0.05, 0) is 12.5 Å². The van der Waals surface area contributed by atoms with Gasteiger partial charge in [0, 0.05) is 31.1 Å². The van der Waals surface area contributed by atoms with Crippen LogP contribution in [0, 0.1) is 10.1 Å². The van der Waals surface area contributed by atoms with Gasteiger partial charge < -0.3 is 10.1 Å².